The standard InChI is InChI=1S/C63H45N3O3/c1-40(2)46-31-35-58(67)57(38-46)66-56-34-30-47(60-50(43-18-9-4-10-19-43)24-15-25-51(60)44-20-11-5-12-21-44)36-53(56)52-32-33-54(64-62(52)66)48-37-55-61(59(39-48)68-49-22-13-6-14-23-49)69-63(65-55)45-28-26-42(27-29-45)41-16-7-3-8-17-41/h3-40,67H,1-2H3. The number of rotatable bonds is 10. The maximum Gasteiger partial charge on any atom is 0.227 e. The molecule has 69 heavy (non-hydrogen) atoms. The number of phenols is 1. The molecule has 12 rings (SSSR count). The third kappa shape index (κ3) is 7.68. The van der Waals surface area contributed by atoms with Gasteiger partial charge in [0, 0.05) is 21.9 Å². The summed E-state index contributed by atoms with van der Waals surface area (Å²) in [5, 5.41) is 13.7. The number of oxazole rings is 1. The Morgan fingerprint density at radius 1 is 0.493 bits per heavy atom. The highest BCUT2D eigenvalue weighted by Gasteiger charge is 2.23. The first kappa shape index (κ1) is 41.4. The second-order valence-corrected chi connectivity index (χ2v) is 17.7. The minimum absolute atomic E-state index is 0.169. The third-order valence-electron chi connectivity index (χ3n) is 13.0. The van der Waals surface area contributed by atoms with Crippen LogP contribution in [0.4, 0.5) is 0 Å². The average molecular weight is 892 g/mol. The molecule has 1 N–H and O–H groups in total. The van der Waals surface area contributed by atoms with E-state index in [-0.39, 0.29) is 11.7 Å². The van der Waals surface area contributed by atoms with Crippen molar-refractivity contribution in [3.63, 3.8) is 0 Å². The van der Waals surface area contributed by atoms with Gasteiger partial charge < -0.3 is 14.3 Å². The molecule has 0 spiro atoms. The number of benzene rings is 9. The van der Waals surface area contributed by atoms with Crippen molar-refractivity contribution in [2.24, 2.45) is 0 Å². The van der Waals surface area contributed by atoms with Crippen LogP contribution in [0, 0.1) is 0 Å². The van der Waals surface area contributed by atoms with Gasteiger partial charge in [0.1, 0.15) is 22.7 Å². The van der Waals surface area contributed by atoms with E-state index in [0.717, 1.165) is 77.5 Å². The van der Waals surface area contributed by atoms with Crippen LogP contribution in [-0.4, -0.2) is 19.6 Å². The minimum Gasteiger partial charge on any atom is -0.506 e. The Labute approximate surface area is 400 Å². The number of nitrogens with zero attached hydrogens (tertiary/aromatic N) is 3. The number of aromatic nitrogens is 3. The van der Waals surface area contributed by atoms with Crippen LogP contribution in [0.1, 0.15) is 25.3 Å². The van der Waals surface area contributed by atoms with Crippen LogP contribution in [-0.2, 0) is 0 Å². The molecule has 6 nitrogen and oxygen atoms in total. The fourth-order valence-corrected chi connectivity index (χ4v) is 9.51. The van der Waals surface area contributed by atoms with Crippen molar-refractivity contribution in [3.8, 4) is 90.2 Å². The Kier molecular flexibility index (Phi) is 10.4. The van der Waals surface area contributed by atoms with Gasteiger partial charge in [-0.3, -0.25) is 4.57 Å². The molecule has 12 aromatic rings. The summed E-state index contributed by atoms with van der Waals surface area (Å²) in [6.07, 6.45) is 0. The van der Waals surface area contributed by atoms with E-state index in [1.54, 1.807) is 6.07 Å². The predicted octanol–water partition coefficient (Wildman–Crippen LogP) is 16.9. The van der Waals surface area contributed by atoms with E-state index in [0.29, 0.717) is 45.5 Å². The molecule has 9 aromatic carbocycles. The van der Waals surface area contributed by atoms with Crippen LogP contribution in [0.5, 0.6) is 17.2 Å². The summed E-state index contributed by atoms with van der Waals surface area (Å²) < 4.78 is 15.3. The van der Waals surface area contributed by atoms with Crippen molar-refractivity contribution >= 4 is 33.0 Å². The highest BCUT2D eigenvalue weighted by atomic mass is 16.5. The molecule has 0 amide bonds. The molecule has 3 aromatic heterocycles. The highest BCUT2D eigenvalue weighted by molar-refractivity contribution is 6.11. The summed E-state index contributed by atoms with van der Waals surface area (Å²) >= 11 is 0. The van der Waals surface area contributed by atoms with Crippen LogP contribution < -0.4 is 4.74 Å². The summed E-state index contributed by atoms with van der Waals surface area (Å²) in [5.41, 5.74) is 16.0. The Balaban J connectivity index is 1.05. The summed E-state index contributed by atoms with van der Waals surface area (Å²) in [6, 6.07) is 76.7. The van der Waals surface area contributed by atoms with Gasteiger partial charge in [-0.2, -0.15) is 0 Å². The number of hydrogen-bond acceptors (Lipinski definition) is 5. The molecule has 6 heteroatoms. The van der Waals surface area contributed by atoms with Crippen molar-refractivity contribution < 1.29 is 14.3 Å². The van der Waals surface area contributed by atoms with E-state index in [1.165, 1.54) is 0 Å². The van der Waals surface area contributed by atoms with Gasteiger partial charge in [0.15, 0.2) is 11.3 Å². The van der Waals surface area contributed by atoms with Gasteiger partial charge in [0.25, 0.3) is 0 Å². The zero-order chi connectivity index (χ0) is 46.4. The van der Waals surface area contributed by atoms with Crippen molar-refractivity contribution in [2.75, 3.05) is 0 Å². The molecule has 0 fully saturated rings. The lowest BCUT2D eigenvalue weighted by atomic mass is 9.87. The molecule has 0 saturated heterocycles. The van der Waals surface area contributed by atoms with E-state index >= 15 is 0 Å². The summed E-state index contributed by atoms with van der Waals surface area (Å²) in [6.45, 7) is 4.33. The SMILES string of the molecule is CC(C)c1ccc(O)c(-n2c3ccc(-c4c(-c5ccccc5)cccc4-c4ccccc4)cc3c3ccc(-c4cc(Oc5ccccc5)c5oc(-c6ccc(-c7ccccc7)cc6)nc5c4)nc32)c1. The fraction of sp³-hybridized carbons (Fsp3) is 0.0476. The van der Waals surface area contributed by atoms with Crippen LogP contribution in [0.25, 0.3) is 106 Å². The van der Waals surface area contributed by atoms with Crippen molar-refractivity contribution in [3.05, 3.63) is 230 Å². The van der Waals surface area contributed by atoms with Crippen LogP contribution in [0.2, 0.25) is 0 Å². The van der Waals surface area contributed by atoms with E-state index in [1.807, 2.05) is 78.9 Å². The fourth-order valence-electron chi connectivity index (χ4n) is 9.51. The molecule has 0 aliphatic carbocycles. The number of pyridine rings is 1. The normalized spacial score (nSPS) is 11.5. The second kappa shape index (κ2) is 17.3. The average Bonchev–Trinajstić information content (AvgIpc) is 3.99. The van der Waals surface area contributed by atoms with Gasteiger partial charge in [0.2, 0.25) is 5.89 Å². The van der Waals surface area contributed by atoms with Crippen molar-refractivity contribution in [2.45, 2.75) is 19.8 Å². The topological polar surface area (TPSA) is 73.3 Å². The monoisotopic (exact) mass is 891 g/mol. The first-order chi connectivity index (χ1) is 33.9. The van der Waals surface area contributed by atoms with Gasteiger partial charge in [-0.15, -0.1) is 0 Å². The molecule has 0 bridgehead atoms. The summed E-state index contributed by atoms with van der Waals surface area (Å²) in [7, 11) is 0. The number of para-hydroxylation sites is 1. The highest BCUT2D eigenvalue weighted by Crippen LogP contribution is 2.45. The van der Waals surface area contributed by atoms with Crippen LogP contribution >= 0.6 is 0 Å². The smallest absolute Gasteiger partial charge is 0.227 e. The molecule has 0 atom stereocenters. The number of hydrogen-bond donors (Lipinski definition) is 1. The Bertz CT molecular complexity index is 3770. The molecule has 0 aliphatic rings. The number of fused-ring (bicyclic) bond motifs is 4. The lowest BCUT2D eigenvalue weighted by Crippen LogP contribution is -1.99. The van der Waals surface area contributed by atoms with Gasteiger partial charge in [-0.25, -0.2) is 9.97 Å². The Hall–Kier alpha value is -9.00. The van der Waals surface area contributed by atoms with Gasteiger partial charge >= 0.3 is 0 Å². The first-order valence-electron chi connectivity index (χ1n) is 23.3. The molecule has 3 heterocycles. The van der Waals surface area contributed by atoms with Crippen molar-refractivity contribution in [1.29, 1.82) is 0 Å². The molecular formula is C63H45N3O3. The van der Waals surface area contributed by atoms with E-state index < -0.39 is 0 Å². The Morgan fingerprint density at radius 2 is 1.10 bits per heavy atom. The molecule has 0 unspecified atom stereocenters. The number of ether oxygens (including phenoxy) is 1. The summed E-state index contributed by atoms with van der Waals surface area (Å²) in [4.78, 5) is 10.6. The molecular weight excluding hydrogens is 847 g/mol. The van der Waals surface area contributed by atoms with E-state index in [2.05, 4.69) is 158 Å². The molecule has 330 valence electrons. The van der Waals surface area contributed by atoms with E-state index in [9.17, 15) is 5.11 Å². The third-order valence-corrected chi connectivity index (χ3v) is 13.0. The second-order valence-electron chi connectivity index (χ2n) is 17.7. The van der Waals surface area contributed by atoms with Gasteiger partial charge in [0.05, 0.1) is 16.9 Å². The maximum atomic E-state index is 11.7. The largest absolute Gasteiger partial charge is 0.506 e. The van der Waals surface area contributed by atoms with Crippen molar-refractivity contribution in [1.82, 2.24) is 14.5 Å². The van der Waals surface area contributed by atoms with E-state index in [4.69, 9.17) is 19.1 Å². The zero-order valence-corrected chi connectivity index (χ0v) is 38.0. The van der Waals surface area contributed by atoms with Crippen LogP contribution in [0.15, 0.2) is 229 Å². The first-order valence-corrected chi connectivity index (χ1v) is 23.3. The molecule has 0 aliphatic heterocycles. The quantitative estimate of drug-likeness (QED) is 0.148. The molecule has 0 radical (unpaired) electrons. The maximum absolute atomic E-state index is 11.7. The van der Waals surface area contributed by atoms with Gasteiger partial charge in [-0.05, 0) is 129 Å². The summed E-state index contributed by atoms with van der Waals surface area (Å²) in [5.74, 6) is 2.09. The Morgan fingerprint density at radius 3 is 1.77 bits per heavy atom. The lowest BCUT2D eigenvalue weighted by Gasteiger charge is -2.17. The molecule has 0 saturated carbocycles. The minimum atomic E-state index is 0.169. The van der Waals surface area contributed by atoms with Crippen LogP contribution in [0.3, 0.4) is 0 Å². The predicted molar refractivity (Wildman–Crippen MR) is 281 cm³/mol. The lowest BCUT2D eigenvalue weighted by molar-refractivity contribution is 0.472. The number of phenolic OH excluding ortho intramolecular Hbond substituents is 1. The zero-order valence-electron chi connectivity index (χ0n) is 38.0. The number of aromatic hydroxyl groups is 1. The van der Waals surface area contributed by atoms with Gasteiger partial charge in [-0.1, -0.05) is 166 Å².